The third-order valence-corrected chi connectivity index (χ3v) is 4.74. The topological polar surface area (TPSA) is 75.4 Å². The Hall–Kier alpha value is -2.47. The molecule has 0 radical (unpaired) electrons. The highest BCUT2D eigenvalue weighted by molar-refractivity contribution is 5.98. The van der Waals surface area contributed by atoms with Crippen LogP contribution >= 0.6 is 0 Å². The van der Waals surface area contributed by atoms with Gasteiger partial charge in [-0.05, 0) is 51.9 Å². The zero-order chi connectivity index (χ0) is 21.2. The van der Waals surface area contributed by atoms with Gasteiger partial charge in [0.15, 0.2) is 0 Å². The minimum Gasteiger partial charge on any atom is -0.441 e. The molecule has 0 saturated heterocycles. The molecule has 6 nitrogen and oxygen atoms in total. The summed E-state index contributed by atoms with van der Waals surface area (Å²) in [6.07, 6.45) is 2.16. The van der Waals surface area contributed by atoms with Crippen molar-refractivity contribution in [2.24, 2.45) is 0 Å². The van der Waals surface area contributed by atoms with E-state index in [0.717, 1.165) is 43.6 Å². The molecule has 1 heterocycles. The van der Waals surface area contributed by atoms with Crippen LogP contribution in [-0.2, 0) is 16.0 Å². The Morgan fingerprint density at radius 2 is 1.69 bits per heavy atom. The van der Waals surface area contributed by atoms with E-state index in [2.05, 4.69) is 29.0 Å². The van der Waals surface area contributed by atoms with E-state index in [9.17, 15) is 9.59 Å². The van der Waals surface area contributed by atoms with Crippen molar-refractivity contribution in [3.05, 3.63) is 41.3 Å². The minimum absolute atomic E-state index is 0.104. The molecule has 158 valence electrons. The molecular weight excluding hydrogens is 366 g/mol. The number of carbonyl (C=O) groups excluding carboxylic acids is 2. The van der Waals surface area contributed by atoms with Gasteiger partial charge in [0.25, 0.3) is 0 Å². The van der Waals surface area contributed by atoms with Gasteiger partial charge >= 0.3 is 0 Å². The lowest BCUT2D eigenvalue weighted by Crippen LogP contribution is -2.36. The van der Waals surface area contributed by atoms with Crippen molar-refractivity contribution < 1.29 is 14.0 Å². The molecule has 0 spiro atoms. The maximum atomic E-state index is 12.3. The van der Waals surface area contributed by atoms with Gasteiger partial charge in [-0.3, -0.25) is 9.59 Å². The van der Waals surface area contributed by atoms with E-state index in [1.165, 1.54) is 0 Å². The molecular formula is C23H33N3O3. The van der Waals surface area contributed by atoms with Crippen molar-refractivity contribution in [2.75, 3.05) is 26.2 Å². The molecule has 2 aromatic rings. The molecule has 6 heteroatoms. The lowest BCUT2D eigenvalue weighted by molar-refractivity contribution is -0.127. The standard InChI is InChI=1S/C23H33N3O3/c1-5-12-26(13-6-2)14-11-24-22(28)16-20(27)15-21-18(4)29-23(25-21)19-9-7-17(3)8-10-19/h7-10H,5-6,11-16H2,1-4H3,(H,24,28). The first-order chi connectivity index (χ1) is 13.9. The van der Waals surface area contributed by atoms with Gasteiger partial charge in [-0.15, -0.1) is 0 Å². The average Bonchev–Trinajstić information content (AvgIpc) is 3.03. The highest BCUT2D eigenvalue weighted by Gasteiger charge is 2.17. The monoisotopic (exact) mass is 399 g/mol. The summed E-state index contributed by atoms with van der Waals surface area (Å²) in [6.45, 7) is 11.5. The fourth-order valence-electron chi connectivity index (χ4n) is 3.22. The lowest BCUT2D eigenvalue weighted by Gasteiger charge is -2.20. The molecule has 0 aliphatic rings. The molecule has 29 heavy (non-hydrogen) atoms. The highest BCUT2D eigenvalue weighted by Crippen LogP contribution is 2.22. The molecule has 1 amide bonds. The molecule has 0 bridgehead atoms. The van der Waals surface area contributed by atoms with Crippen LogP contribution < -0.4 is 5.32 Å². The summed E-state index contributed by atoms with van der Waals surface area (Å²) in [4.78, 5) is 31.2. The predicted molar refractivity (Wildman–Crippen MR) is 115 cm³/mol. The summed E-state index contributed by atoms with van der Waals surface area (Å²) >= 11 is 0. The Balaban J connectivity index is 1.82. The Kier molecular flexibility index (Phi) is 9.06. The third-order valence-electron chi connectivity index (χ3n) is 4.74. The van der Waals surface area contributed by atoms with Crippen LogP contribution in [0.1, 0.15) is 50.1 Å². The molecule has 0 saturated carbocycles. The fourth-order valence-corrected chi connectivity index (χ4v) is 3.22. The van der Waals surface area contributed by atoms with Crippen LogP contribution in [0.4, 0.5) is 0 Å². The average molecular weight is 400 g/mol. The van der Waals surface area contributed by atoms with Gasteiger partial charge in [0.1, 0.15) is 11.5 Å². The summed E-state index contributed by atoms with van der Waals surface area (Å²) in [5.74, 6) is 0.724. The van der Waals surface area contributed by atoms with Crippen LogP contribution in [0, 0.1) is 13.8 Å². The van der Waals surface area contributed by atoms with Crippen LogP contribution in [0.2, 0.25) is 0 Å². The van der Waals surface area contributed by atoms with Crippen LogP contribution in [-0.4, -0.2) is 47.8 Å². The molecule has 1 aromatic carbocycles. The van der Waals surface area contributed by atoms with Crippen molar-refractivity contribution in [1.82, 2.24) is 15.2 Å². The van der Waals surface area contributed by atoms with Gasteiger partial charge in [-0.1, -0.05) is 31.5 Å². The fraction of sp³-hybridized carbons (Fsp3) is 0.522. The summed E-state index contributed by atoms with van der Waals surface area (Å²) in [5, 5.41) is 2.85. The molecule has 2 rings (SSSR count). The maximum absolute atomic E-state index is 12.3. The first kappa shape index (κ1) is 22.8. The van der Waals surface area contributed by atoms with Crippen molar-refractivity contribution >= 4 is 11.7 Å². The molecule has 0 unspecified atom stereocenters. The number of benzene rings is 1. The number of nitrogens with zero attached hydrogens (tertiary/aromatic N) is 2. The van der Waals surface area contributed by atoms with E-state index in [-0.39, 0.29) is 24.5 Å². The van der Waals surface area contributed by atoms with Crippen LogP contribution in [0.3, 0.4) is 0 Å². The predicted octanol–water partition coefficient (Wildman–Crippen LogP) is 3.70. The normalized spacial score (nSPS) is 11.1. The van der Waals surface area contributed by atoms with E-state index < -0.39 is 0 Å². The van der Waals surface area contributed by atoms with E-state index >= 15 is 0 Å². The Morgan fingerprint density at radius 1 is 1.03 bits per heavy atom. The van der Waals surface area contributed by atoms with E-state index in [0.29, 0.717) is 23.9 Å². The number of nitrogens with one attached hydrogen (secondary N) is 1. The smallest absolute Gasteiger partial charge is 0.227 e. The molecule has 1 N–H and O–H groups in total. The van der Waals surface area contributed by atoms with Gasteiger partial charge in [0, 0.05) is 18.7 Å². The van der Waals surface area contributed by atoms with Gasteiger partial charge in [-0.2, -0.15) is 0 Å². The second kappa shape index (κ2) is 11.5. The molecule has 0 atom stereocenters. The largest absolute Gasteiger partial charge is 0.441 e. The number of carbonyl (C=O) groups is 2. The lowest BCUT2D eigenvalue weighted by atomic mass is 10.1. The zero-order valence-electron chi connectivity index (χ0n) is 18.1. The molecule has 0 fully saturated rings. The summed E-state index contributed by atoms with van der Waals surface area (Å²) < 4.78 is 5.71. The molecule has 1 aromatic heterocycles. The SMILES string of the molecule is CCCN(CCC)CCNC(=O)CC(=O)Cc1nc(-c2ccc(C)cc2)oc1C. The summed E-state index contributed by atoms with van der Waals surface area (Å²) in [5.41, 5.74) is 2.63. The van der Waals surface area contributed by atoms with Gasteiger partial charge in [-0.25, -0.2) is 4.98 Å². The second-order valence-corrected chi connectivity index (χ2v) is 7.47. The number of amides is 1. The van der Waals surface area contributed by atoms with E-state index in [1.807, 2.05) is 31.2 Å². The van der Waals surface area contributed by atoms with Crippen molar-refractivity contribution in [3.63, 3.8) is 0 Å². The highest BCUT2D eigenvalue weighted by atomic mass is 16.4. The number of ketones is 1. The Morgan fingerprint density at radius 3 is 2.31 bits per heavy atom. The van der Waals surface area contributed by atoms with Crippen LogP contribution in [0.25, 0.3) is 11.5 Å². The molecule has 0 aliphatic carbocycles. The number of rotatable bonds is 12. The van der Waals surface area contributed by atoms with Gasteiger partial charge < -0.3 is 14.6 Å². The minimum atomic E-state index is -0.233. The Bertz CT molecular complexity index is 790. The number of hydrogen-bond acceptors (Lipinski definition) is 5. The molecule has 0 aliphatic heterocycles. The second-order valence-electron chi connectivity index (χ2n) is 7.47. The van der Waals surface area contributed by atoms with Crippen LogP contribution in [0.15, 0.2) is 28.7 Å². The first-order valence-corrected chi connectivity index (χ1v) is 10.5. The van der Waals surface area contributed by atoms with E-state index in [4.69, 9.17) is 4.42 Å². The van der Waals surface area contributed by atoms with Crippen molar-refractivity contribution in [2.45, 2.75) is 53.4 Å². The van der Waals surface area contributed by atoms with Gasteiger partial charge in [0.05, 0.1) is 18.5 Å². The third kappa shape index (κ3) is 7.46. The number of aryl methyl sites for hydroxylation is 2. The van der Waals surface area contributed by atoms with E-state index in [1.54, 1.807) is 6.92 Å². The number of aromatic nitrogens is 1. The number of Topliss-reactive ketones (excluding diaryl/α,β-unsaturated/α-hetero) is 1. The van der Waals surface area contributed by atoms with Crippen LogP contribution in [0.5, 0.6) is 0 Å². The number of hydrogen-bond donors (Lipinski definition) is 1. The van der Waals surface area contributed by atoms with Crippen molar-refractivity contribution in [3.8, 4) is 11.5 Å². The maximum Gasteiger partial charge on any atom is 0.227 e. The Labute approximate surface area is 173 Å². The zero-order valence-corrected chi connectivity index (χ0v) is 18.1. The summed E-state index contributed by atoms with van der Waals surface area (Å²) in [6, 6.07) is 7.87. The first-order valence-electron chi connectivity index (χ1n) is 10.5. The van der Waals surface area contributed by atoms with Crippen molar-refractivity contribution in [1.29, 1.82) is 0 Å². The quantitative estimate of drug-likeness (QED) is 0.551. The number of oxazole rings is 1. The van der Waals surface area contributed by atoms with Gasteiger partial charge in [0.2, 0.25) is 11.8 Å². The summed E-state index contributed by atoms with van der Waals surface area (Å²) in [7, 11) is 0.